The van der Waals surface area contributed by atoms with Crippen molar-refractivity contribution in [2.75, 3.05) is 6.54 Å². The van der Waals surface area contributed by atoms with E-state index in [-0.39, 0.29) is 0 Å². The zero-order valence-corrected chi connectivity index (χ0v) is 7.82. The third-order valence-electron chi connectivity index (χ3n) is 1.69. The molecule has 0 aromatic rings. The second-order valence-electron chi connectivity index (χ2n) is 2.88. The normalized spacial score (nSPS) is 11.8. The van der Waals surface area contributed by atoms with Gasteiger partial charge >= 0.3 is 5.97 Å². The molecule has 0 radical (unpaired) electrons. The second-order valence-corrected chi connectivity index (χ2v) is 2.88. The van der Waals surface area contributed by atoms with Crippen LogP contribution < -0.4 is 11.1 Å². The van der Waals surface area contributed by atoms with E-state index >= 15 is 0 Å². The Morgan fingerprint density at radius 3 is 2.64 bits per heavy atom. The first-order valence-electron chi connectivity index (χ1n) is 4.34. The maximum Gasteiger partial charge on any atom is 0.320 e. The van der Waals surface area contributed by atoms with Crippen LogP contribution in [0.4, 0.5) is 0 Å². The average Bonchev–Trinajstić information content (AvgIpc) is 2.16. The Morgan fingerprint density at radius 2 is 2.14 bits per heavy atom. The molecule has 0 aliphatic rings. The number of carboxylic acid groups (broad SMARTS) is 1. The Bertz CT molecular complexity index is 218. The van der Waals surface area contributed by atoms with Crippen molar-refractivity contribution in [3.63, 3.8) is 0 Å². The number of hydrogen-bond donors (Lipinski definition) is 4. The van der Waals surface area contributed by atoms with Gasteiger partial charge in [0.05, 0.1) is 6.21 Å². The monoisotopic (exact) mass is 201 g/mol. The highest BCUT2D eigenvalue weighted by Gasteiger charge is 2.09. The molecule has 0 aromatic carbocycles. The predicted octanol–water partition coefficient (Wildman–Crippen LogP) is -0.666. The van der Waals surface area contributed by atoms with Gasteiger partial charge in [0.15, 0.2) is 0 Å². The molecule has 0 saturated carbocycles. The molecule has 0 rings (SSSR count). The van der Waals surface area contributed by atoms with Gasteiger partial charge in [-0.05, 0) is 19.3 Å². The van der Waals surface area contributed by atoms with Crippen molar-refractivity contribution in [1.82, 2.24) is 5.32 Å². The minimum Gasteiger partial charge on any atom is -0.480 e. The van der Waals surface area contributed by atoms with Crippen LogP contribution in [-0.2, 0) is 9.59 Å². The van der Waals surface area contributed by atoms with Gasteiger partial charge < -0.3 is 21.6 Å². The molecule has 0 aliphatic heterocycles. The molecule has 80 valence electrons. The molecular formula is C8H15N3O3. The molecule has 14 heavy (non-hydrogen) atoms. The number of aliphatic carboxylic acids is 1. The number of nitrogens with one attached hydrogen (secondary N) is 2. The number of nitrogens with two attached hydrogens (primary N) is 1. The fourth-order valence-corrected chi connectivity index (χ4v) is 0.875. The maximum atomic E-state index is 10.5. The molecule has 0 saturated heterocycles. The van der Waals surface area contributed by atoms with Crippen molar-refractivity contribution < 1.29 is 14.7 Å². The summed E-state index contributed by atoms with van der Waals surface area (Å²) in [6.07, 6.45) is 2.41. The minimum absolute atomic E-state index is 0.399. The number of carbonyl (C=O) groups excluding carboxylic acids is 1. The first-order chi connectivity index (χ1) is 6.57. The van der Waals surface area contributed by atoms with Crippen LogP contribution in [0.25, 0.3) is 0 Å². The minimum atomic E-state index is -1.01. The summed E-state index contributed by atoms with van der Waals surface area (Å²) in [5, 5.41) is 17.5. The van der Waals surface area contributed by atoms with Crippen LogP contribution in [0.1, 0.15) is 19.3 Å². The second kappa shape index (κ2) is 7.02. The Hall–Kier alpha value is -1.43. The SMILES string of the molecule is N=CC(=O)NCCCC[C@H](N)C(=O)O. The predicted molar refractivity (Wildman–Crippen MR) is 51.3 cm³/mol. The van der Waals surface area contributed by atoms with Crippen molar-refractivity contribution >= 4 is 18.1 Å². The average molecular weight is 201 g/mol. The maximum absolute atomic E-state index is 10.5. The Labute approximate surface area is 82.0 Å². The van der Waals surface area contributed by atoms with E-state index in [1.807, 2.05) is 0 Å². The smallest absolute Gasteiger partial charge is 0.320 e. The van der Waals surface area contributed by atoms with E-state index in [0.717, 1.165) is 0 Å². The van der Waals surface area contributed by atoms with E-state index in [0.29, 0.717) is 32.0 Å². The molecule has 0 aromatic heterocycles. The third-order valence-corrected chi connectivity index (χ3v) is 1.69. The Morgan fingerprint density at radius 1 is 1.50 bits per heavy atom. The van der Waals surface area contributed by atoms with Crippen LogP contribution in [0.15, 0.2) is 0 Å². The summed E-state index contributed by atoms with van der Waals surface area (Å²) in [5.41, 5.74) is 5.26. The summed E-state index contributed by atoms with van der Waals surface area (Å²) < 4.78 is 0. The topological polar surface area (TPSA) is 116 Å². The lowest BCUT2D eigenvalue weighted by molar-refractivity contribution is -0.138. The van der Waals surface area contributed by atoms with E-state index in [9.17, 15) is 9.59 Å². The van der Waals surface area contributed by atoms with Crippen LogP contribution in [-0.4, -0.2) is 35.8 Å². The van der Waals surface area contributed by atoms with Crippen molar-refractivity contribution in [1.29, 1.82) is 5.41 Å². The summed E-state index contributed by atoms with van der Waals surface area (Å²) in [4.78, 5) is 20.8. The highest BCUT2D eigenvalue weighted by Crippen LogP contribution is 1.97. The van der Waals surface area contributed by atoms with Crippen molar-refractivity contribution in [2.45, 2.75) is 25.3 Å². The van der Waals surface area contributed by atoms with Gasteiger partial charge in [-0.2, -0.15) is 0 Å². The summed E-state index contributed by atoms with van der Waals surface area (Å²) in [7, 11) is 0. The van der Waals surface area contributed by atoms with E-state index < -0.39 is 17.9 Å². The highest BCUT2D eigenvalue weighted by molar-refractivity contribution is 6.24. The molecular weight excluding hydrogens is 186 g/mol. The zero-order valence-electron chi connectivity index (χ0n) is 7.82. The summed E-state index contributed by atoms with van der Waals surface area (Å²) in [6, 6.07) is -0.826. The van der Waals surface area contributed by atoms with Gasteiger partial charge in [-0.3, -0.25) is 9.59 Å². The van der Waals surface area contributed by atoms with Gasteiger partial charge in [-0.25, -0.2) is 0 Å². The molecule has 0 spiro atoms. The lowest BCUT2D eigenvalue weighted by atomic mass is 10.1. The van der Waals surface area contributed by atoms with Crippen molar-refractivity contribution in [2.24, 2.45) is 5.73 Å². The van der Waals surface area contributed by atoms with E-state index in [2.05, 4.69) is 5.32 Å². The number of unbranched alkanes of at least 4 members (excludes halogenated alkanes) is 1. The molecule has 1 amide bonds. The molecule has 0 bridgehead atoms. The summed E-state index contributed by atoms with van der Waals surface area (Å²) in [6.45, 7) is 0.445. The Balaban J connectivity index is 3.34. The third kappa shape index (κ3) is 6.13. The molecule has 0 heterocycles. The Kier molecular flexibility index (Phi) is 6.30. The first-order valence-corrected chi connectivity index (χ1v) is 4.34. The fraction of sp³-hybridized carbons (Fsp3) is 0.625. The number of carboxylic acids is 1. The fourth-order valence-electron chi connectivity index (χ4n) is 0.875. The number of rotatable bonds is 7. The highest BCUT2D eigenvalue weighted by atomic mass is 16.4. The van der Waals surface area contributed by atoms with Crippen LogP contribution in [0.5, 0.6) is 0 Å². The molecule has 0 unspecified atom stereocenters. The van der Waals surface area contributed by atoms with Gasteiger partial charge in [0.1, 0.15) is 6.04 Å². The van der Waals surface area contributed by atoms with Crippen LogP contribution in [0.2, 0.25) is 0 Å². The van der Waals surface area contributed by atoms with E-state index in [1.54, 1.807) is 0 Å². The van der Waals surface area contributed by atoms with Gasteiger partial charge in [0.25, 0.3) is 5.91 Å². The molecule has 6 heteroatoms. The van der Waals surface area contributed by atoms with Crippen LogP contribution in [0.3, 0.4) is 0 Å². The zero-order chi connectivity index (χ0) is 11.0. The van der Waals surface area contributed by atoms with Gasteiger partial charge in [-0.1, -0.05) is 0 Å². The number of amides is 1. The molecule has 1 atom stereocenters. The molecule has 0 fully saturated rings. The molecule has 5 N–H and O–H groups in total. The quantitative estimate of drug-likeness (QED) is 0.323. The number of carbonyl (C=O) groups is 2. The van der Waals surface area contributed by atoms with Crippen LogP contribution >= 0.6 is 0 Å². The van der Waals surface area contributed by atoms with Gasteiger partial charge in [0.2, 0.25) is 0 Å². The number of hydrogen-bond acceptors (Lipinski definition) is 4. The van der Waals surface area contributed by atoms with Gasteiger partial charge in [-0.15, -0.1) is 0 Å². The van der Waals surface area contributed by atoms with Crippen LogP contribution in [0, 0.1) is 5.41 Å². The molecule has 0 aliphatic carbocycles. The van der Waals surface area contributed by atoms with Crippen molar-refractivity contribution in [3.05, 3.63) is 0 Å². The standard InChI is InChI=1S/C8H15N3O3/c9-5-7(12)11-4-2-1-3-6(10)8(13)14/h5-6,9H,1-4,10H2,(H,11,12)(H,13,14)/t6-/m0/s1. The lowest BCUT2D eigenvalue weighted by Crippen LogP contribution is -2.30. The summed E-state index contributed by atoms with van der Waals surface area (Å²) >= 11 is 0. The summed E-state index contributed by atoms with van der Waals surface area (Å²) in [5.74, 6) is -1.44. The lowest BCUT2D eigenvalue weighted by Gasteiger charge is -2.05. The molecule has 6 nitrogen and oxygen atoms in total. The van der Waals surface area contributed by atoms with Crippen molar-refractivity contribution in [3.8, 4) is 0 Å². The van der Waals surface area contributed by atoms with Gasteiger partial charge in [0, 0.05) is 6.54 Å². The first kappa shape index (κ1) is 12.6. The van der Waals surface area contributed by atoms with E-state index in [1.165, 1.54) is 0 Å². The van der Waals surface area contributed by atoms with E-state index in [4.69, 9.17) is 16.2 Å². The largest absolute Gasteiger partial charge is 0.480 e.